The van der Waals surface area contributed by atoms with E-state index < -0.39 is 5.97 Å². The zero-order chi connectivity index (χ0) is 23.9. The molecule has 0 radical (unpaired) electrons. The van der Waals surface area contributed by atoms with Gasteiger partial charge in [0.15, 0.2) is 17.2 Å². The lowest BCUT2D eigenvalue weighted by molar-refractivity contribution is -0.129. The molecule has 7 heteroatoms. The highest BCUT2D eigenvalue weighted by molar-refractivity contribution is 9.10. The minimum absolute atomic E-state index is 0.216. The molecule has 0 saturated carbocycles. The van der Waals surface area contributed by atoms with E-state index in [-0.39, 0.29) is 11.6 Å². The molecule has 34 heavy (non-hydrogen) atoms. The zero-order valence-electron chi connectivity index (χ0n) is 18.9. The van der Waals surface area contributed by atoms with Crippen LogP contribution in [-0.4, -0.2) is 31.7 Å². The molecule has 174 valence electrons. The molecule has 3 aromatic carbocycles. The molecule has 1 heterocycles. The summed E-state index contributed by atoms with van der Waals surface area (Å²) in [6.45, 7) is 5.08. The topological polar surface area (TPSA) is 66.4 Å². The molecule has 3 aromatic rings. The monoisotopic (exact) mass is 521 g/mol. The maximum Gasteiger partial charge on any atom is 0.363 e. The van der Waals surface area contributed by atoms with Crippen molar-refractivity contribution in [3.05, 3.63) is 93.6 Å². The summed E-state index contributed by atoms with van der Waals surface area (Å²) in [5, 5.41) is 0. The Balaban J connectivity index is 1.50. The van der Waals surface area contributed by atoms with E-state index in [1.807, 2.05) is 80.6 Å². The molecule has 0 N–H and O–H groups in total. The number of benzene rings is 3. The lowest BCUT2D eigenvalue weighted by Crippen LogP contribution is -2.11. The summed E-state index contributed by atoms with van der Waals surface area (Å²) >= 11 is 3.56. The first-order chi connectivity index (χ1) is 16.5. The molecule has 4 rings (SSSR count). The van der Waals surface area contributed by atoms with Gasteiger partial charge in [-0.05, 0) is 77.3 Å². The molecule has 1 aliphatic heterocycles. The van der Waals surface area contributed by atoms with E-state index in [1.54, 1.807) is 6.08 Å². The lowest BCUT2D eigenvalue weighted by atomic mass is 10.1. The summed E-state index contributed by atoms with van der Waals surface area (Å²) in [6, 6.07) is 20.8. The highest BCUT2D eigenvalue weighted by Gasteiger charge is 2.24. The number of nitrogens with zero attached hydrogens (tertiary/aromatic N) is 1. The summed E-state index contributed by atoms with van der Waals surface area (Å²) in [7, 11) is 0. The van der Waals surface area contributed by atoms with Crippen LogP contribution in [0.4, 0.5) is 0 Å². The number of cyclic esters (lactones) is 1. The van der Waals surface area contributed by atoms with Crippen LogP contribution in [0.3, 0.4) is 0 Å². The Labute approximate surface area is 207 Å². The minimum Gasteiger partial charge on any atom is -0.490 e. The van der Waals surface area contributed by atoms with Gasteiger partial charge >= 0.3 is 5.97 Å². The second-order valence-corrected chi connectivity index (χ2v) is 8.28. The predicted molar refractivity (Wildman–Crippen MR) is 135 cm³/mol. The van der Waals surface area contributed by atoms with Gasteiger partial charge in [0.05, 0.1) is 11.1 Å². The van der Waals surface area contributed by atoms with Crippen LogP contribution in [0.25, 0.3) is 6.08 Å². The SMILES string of the molecule is CCOc1cc(/C=C2\N=C(c3ccccc3)OC2=O)cc(Br)c1OCCOc1ccccc1C. The second-order valence-electron chi connectivity index (χ2n) is 7.43. The number of ether oxygens (including phenoxy) is 4. The van der Waals surface area contributed by atoms with Crippen molar-refractivity contribution in [3.8, 4) is 17.2 Å². The molecule has 0 fully saturated rings. The first kappa shape index (κ1) is 23.6. The van der Waals surface area contributed by atoms with Crippen molar-refractivity contribution in [2.45, 2.75) is 13.8 Å². The number of hydrogen-bond donors (Lipinski definition) is 0. The normalized spacial score (nSPS) is 14.0. The first-order valence-electron chi connectivity index (χ1n) is 10.9. The second kappa shape index (κ2) is 11.0. The van der Waals surface area contributed by atoms with Crippen molar-refractivity contribution in [1.82, 2.24) is 0 Å². The van der Waals surface area contributed by atoms with Gasteiger partial charge in [0.2, 0.25) is 5.90 Å². The highest BCUT2D eigenvalue weighted by Crippen LogP contribution is 2.38. The highest BCUT2D eigenvalue weighted by atomic mass is 79.9. The van der Waals surface area contributed by atoms with E-state index in [2.05, 4.69) is 20.9 Å². The van der Waals surface area contributed by atoms with Gasteiger partial charge < -0.3 is 18.9 Å². The lowest BCUT2D eigenvalue weighted by Gasteiger charge is -2.15. The number of carbonyl (C=O) groups is 1. The Kier molecular flexibility index (Phi) is 7.65. The largest absolute Gasteiger partial charge is 0.490 e. The Morgan fingerprint density at radius 1 is 0.941 bits per heavy atom. The van der Waals surface area contributed by atoms with Crippen molar-refractivity contribution in [3.63, 3.8) is 0 Å². The van der Waals surface area contributed by atoms with E-state index in [0.717, 1.165) is 22.4 Å². The van der Waals surface area contributed by atoms with E-state index >= 15 is 0 Å². The molecule has 0 spiro atoms. The van der Waals surface area contributed by atoms with Gasteiger partial charge in [0.25, 0.3) is 0 Å². The van der Waals surface area contributed by atoms with Crippen LogP contribution in [0.5, 0.6) is 17.2 Å². The van der Waals surface area contributed by atoms with Gasteiger partial charge in [-0.2, -0.15) is 0 Å². The van der Waals surface area contributed by atoms with E-state index in [4.69, 9.17) is 18.9 Å². The maximum atomic E-state index is 12.4. The molecular weight excluding hydrogens is 498 g/mol. The van der Waals surface area contributed by atoms with Crippen LogP contribution in [0.1, 0.15) is 23.6 Å². The molecule has 0 aliphatic carbocycles. The molecular formula is C27H24BrNO5. The zero-order valence-corrected chi connectivity index (χ0v) is 20.5. The van der Waals surface area contributed by atoms with Gasteiger partial charge in [-0.1, -0.05) is 36.4 Å². The van der Waals surface area contributed by atoms with Gasteiger partial charge in [-0.15, -0.1) is 0 Å². The molecule has 6 nitrogen and oxygen atoms in total. The fourth-order valence-corrected chi connectivity index (χ4v) is 3.93. The predicted octanol–water partition coefficient (Wildman–Crippen LogP) is 5.96. The van der Waals surface area contributed by atoms with Crippen molar-refractivity contribution in [2.24, 2.45) is 4.99 Å². The van der Waals surface area contributed by atoms with E-state index in [1.165, 1.54) is 0 Å². The van der Waals surface area contributed by atoms with Gasteiger partial charge in [-0.3, -0.25) is 0 Å². The number of rotatable bonds is 9. The first-order valence-corrected chi connectivity index (χ1v) is 11.7. The molecule has 1 aliphatic rings. The van der Waals surface area contributed by atoms with Crippen LogP contribution in [-0.2, 0) is 9.53 Å². The van der Waals surface area contributed by atoms with Crippen molar-refractivity contribution in [1.29, 1.82) is 0 Å². The van der Waals surface area contributed by atoms with Crippen molar-refractivity contribution < 1.29 is 23.7 Å². The third-order valence-corrected chi connectivity index (χ3v) is 5.55. The summed E-state index contributed by atoms with van der Waals surface area (Å²) < 4.78 is 23.6. The van der Waals surface area contributed by atoms with Crippen molar-refractivity contribution >= 4 is 33.9 Å². The van der Waals surface area contributed by atoms with Crippen LogP contribution in [0, 0.1) is 6.92 Å². The Morgan fingerprint density at radius 2 is 1.68 bits per heavy atom. The number of aliphatic imine (C=N–C) groups is 1. The summed E-state index contributed by atoms with van der Waals surface area (Å²) in [4.78, 5) is 16.7. The Hall–Kier alpha value is -3.58. The number of hydrogen-bond acceptors (Lipinski definition) is 6. The number of esters is 1. The van der Waals surface area contributed by atoms with Crippen LogP contribution >= 0.6 is 15.9 Å². The number of carbonyl (C=O) groups excluding carboxylic acids is 1. The number of aryl methyl sites for hydroxylation is 1. The third-order valence-electron chi connectivity index (χ3n) is 4.96. The molecule has 0 saturated heterocycles. The average Bonchev–Trinajstić information content (AvgIpc) is 3.20. The van der Waals surface area contributed by atoms with Crippen LogP contribution < -0.4 is 14.2 Å². The van der Waals surface area contributed by atoms with E-state index in [9.17, 15) is 4.79 Å². The molecule has 0 bridgehead atoms. The molecule has 0 amide bonds. The van der Waals surface area contributed by atoms with Gasteiger partial charge in [0, 0.05) is 5.56 Å². The summed E-state index contributed by atoms with van der Waals surface area (Å²) in [5.41, 5.74) is 2.75. The standard InChI is InChI=1S/C27H24BrNO5/c1-3-31-24-17-19(16-22-27(30)34-26(29-22)20-10-5-4-6-11-20)15-21(28)25(24)33-14-13-32-23-12-8-7-9-18(23)2/h4-12,15-17H,3,13-14H2,1-2H3/b22-16-. The molecule has 0 atom stereocenters. The van der Waals surface area contributed by atoms with Crippen LogP contribution in [0.2, 0.25) is 0 Å². The quantitative estimate of drug-likeness (QED) is 0.197. The average molecular weight is 522 g/mol. The Morgan fingerprint density at radius 3 is 2.44 bits per heavy atom. The van der Waals surface area contributed by atoms with Crippen molar-refractivity contribution in [2.75, 3.05) is 19.8 Å². The van der Waals surface area contributed by atoms with E-state index in [0.29, 0.717) is 35.8 Å². The van der Waals surface area contributed by atoms with Gasteiger partial charge in [0.1, 0.15) is 19.0 Å². The third kappa shape index (κ3) is 5.66. The molecule has 0 aromatic heterocycles. The van der Waals surface area contributed by atoms with Gasteiger partial charge in [-0.25, -0.2) is 9.79 Å². The molecule has 0 unspecified atom stereocenters. The number of halogens is 1. The smallest absolute Gasteiger partial charge is 0.363 e. The Bertz CT molecular complexity index is 1240. The van der Waals surface area contributed by atoms with Crippen LogP contribution in [0.15, 0.2) is 81.9 Å². The fraction of sp³-hybridized carbons (Fsp3) is 0.185. The minimum atomic E-state index is -0.499. The number of para-hydroxylation sites is 1. The summed E-state index contributed by atoms with van der Waals surface area (Å²) in [6.07, 6.45) is 1.66. The summed E-state index contributed by atoms with van der Waals surface area (Å²) in [5.74, 6) is 1.74. The maximum absolute atomic E-state index is 12.4. The fourth-order valence-electron chi connectivity index (χ4n) is 3.36.